The van der Waals surface area contributed by atoms with Crippen LogP contribution in [0.3, 0.4) is 0 Å². The molecule has 3 rings (SSSR count). The molecule has 0 radical (unpaired) electrons. The number of likely N-dealkylation sites (N-methyl/N-ethyl adjacent to an activating group) is 1. The highest BCUT2D eigenvalue weighted by Crippen LogP contribution is 2.31. The van der Waals surface area contributed by atoms with Gasteiger partial charge in [0.05, 0.1) is 7.05 Å². The number of quaternary nitrogens is 1. The topological polar surface area (TPSA) is 23.1 Å². The van der Waals surface area contributed by atoms with E-state index >= 15 is 0 Å². The van der Waals surface area contributed by atoms with Gasteiger partial charge in [-0.25, -0.2) is 0 Å². The van der Waals surface area contributed by atoms with Crippen molar-refractivity contribution in [2.45, 2.75) is 6.04 Å². The molecule has 3 heteroatoms. The molecule has 140 valence electrons. The van der Waals surface area contributed by atoms with Crippen LogP contribution in [0.25, 0.3) is 5.57 Å². The summed E-state index contributed by atoms with van der Waals surface area (Å²) < 4.78 is 0. The maximum absolute atomic E-state index is 2.26. The molecule has 0 saturated carbocycles. The van der Waals surface area contributed by atoms with Gasteiger partial charge >= 0.3 is 0 Å². The van der Waals surface area contributed by atoms with E-state index in [2.05, 4.69) is 123 Å². The molecule has 1 aliphatic rings. The predicted octanol–water partition coefficient (Wildman–Crippen LogP) is 3.31. The van der Waals surface area contributed by atoms with Gasteiger partial charge in [-0.05, 0) is 58.7 Å². The summed E-state index contributed by atoms with van der Waals surface area (Å²) in [5.41, 5.74) is 7.42. The van der Waals surface area contributed by atoms with Crippen LogP contribution in [0.5, 0.6) is 0 Å². The summed E-state index contributed by atoms with van der Waals surface area (Å²) in [5.74, 6) is 0. The SMILES string of the molecule is C[NH2+]C1C=CC(=C(c2ccc(N(C)C)cc2)c2ccc(N(C)C)cc2)C=C1. The lowest BCUT2D eigenvalue weighted by molar-refractivity contribution is -0.642. The molecule has 2 aromatic carbocycles. The van der Waals surface area contributed by atoms with Gasteiger partial charge in [0.15, 0.2) is 0 Å². The van der Waals surface area contributed by atoms with E-state index in [0.29, 0.717) is 6.04 Å². The van der Waals surface area contributed by atoms with Crippen molar-refractivity contribution in [3.8, 4) is 0 Å². The van der Waals surface area contributed by atoms with Crippen molar-refractivity contribution in [3.63, 3.8) is 0 Å². The number of allylic oxidation sites excluding steroid dienone is 3. The van der Waals surface area contributed by atoms with Crippen molar-refractivity contribution in [3.05, 3.63) is 89.5 Å². The second-order valence-electron chi connectivity index (χ2n) is 7.34. The van der Waals surface area contributed by atoms with Crippen molar-refractivity contribution in [1.82, 2.24) is 0 Å². The first-order valence-electron chi connectivity index (χ1n) is 9.45. The molecule has 0 unspecified atom stereocenters. The number of hydrogen-bond acceptors (Lipinski definition) is 2. The molecule has 0 fully saturated rings. The molecular formula is C24H30N3+. The van der Waals surface area contributed by atoms with Crippen molar-refractivity contribution < 1.29 is 5.32 Å². The minimum Gasteiger partial charge on any atom is -0.378 e. The van der Waals surface area contributed by atoms with E-state index in [0.717, 1.165) is 0 Å². The maximum atomic E-state index is 2.26. The molecule has 0 amide bonds. The first-order chi connectivity index (χ1) is 13.0. The largest absolute Gasteiger partial charge is 0.378 e. The average molecular weight is 361 g/mol. The highest BCUT2D eigenvalue weighted by Gasteiger charge is 2.13. The summed E-state index contributed by atoms with van der Waals surface area (Å²) in [4.78, 5) is 4.26. The fourth-order valence-electron chi connectivity index (χ4n) is 3.29. The predicted molar refractivity (Wildman–Crippen MR) is 117 cm³/mol. The van der Waals surface area contributed by atoms with Crippen LogP contribution in [-0.4, -0.2) is 41.3 Å². The van der Waals surface area contributed by atoms with E-state index in [1.54, 1.807) is 0 Å². The van der Waals surface area contributed by atoms with Crippen LogP contribution >= 0.6 is 0 Å². The Bertz CT molecular complexity index is 784. The zero-order valence-corrected chi connectivity index (χ0v) is 17.0. The number of nitrogens with zero attached hydrogens (tertiary/aromatic N) is 2. The Labute approximate surface area is 163 Å². The second kappa shape index (κ2) is 8.28. The molecule has 0 atom stereocenters. The van der Waals surface area contributed by atoms with Gasteiger partial charge in [-0.1, -0.05) is 36.4 Å². The fourth-order valence-corrected chi connectivity index (χ4v) is 3.29. The molecule has 0 bridgehead atoms. The van der Waals surface area contributed by atoms with Gasteiger partial charge in [0.25, 0.3) is 0 Å². The number of anilines is 2. The number of hydrogen-bond donors (Lipinski definition) is 1. The second-order valence-corrected chi connectivity index (χ2v) is 7.34. The highest BCUT2D eigenvalue weighted by molar-refractivity contribution is 5.86. The Hall–Kier alpha value is -2.78. The van der Waals surface area contributed by atoms with Gasteiger partial charge in [0, 0.05) is 39.6 Å². The van der Waals surface area contributed by atoms with Gasteiger partial charge in [-0.15, -0.1) is 0 Å². The molecule has 2 aromatic rings. The lowest BCUT2D eigenvalue weighted by Crippen LogP contribution is -2.85. The summed E-state index contributed by atoms with van der Waals surface area (Å²) in [7, 11) is 10.4. The van der Waals surface area contributed by atoms with Crippen LogP contribution in [0, 0.1) is 0 Å². The Morgan fingerprint density at radius 3 is 1.44 bits per heavy atom. The van der Waals surface area contributed by atoms with Gasteiger partial charge in [0.1, 0.15) is 6.04 Å². The Kier molecular flexibility index (Phi) is 5.82. The van der Waals surface area contributed by atoms with Gasteiger partial charge in [-0.3, -0.25) is 0 Å². The van der Waals surface area contributed by atoms with Gasteiger partial charge < -0.3 is 15.1 Å². The molecule has 2 N–H and O–H groups in total. The van der Waals surface area contributed by atoms with E-state index in [1.807, 2.05) is 0 Å². The molecule has 1 aliphatic carbocycles. The van der Waals surface area contributed by atoms with E-state index in [-0.39, 0.29) is 0 Å². The third-order valence-corrected chi connectivity index (χ3v) is 5.01. The number of rotatable bonds is 5. The summed E-state index contributed by atoms with van der Waals surface area (Å²) in [6.07, 6.45) is 9.02. The zero-order valence-electron chi connectivity index (χ0n) is 17.0. The lowest BCUT2D eigenvalue weighted by Gasteiger charge is -2.18. The zero-order chi connectivity index (χ0) is 19.4. The van der Waals surface area contributed by atoms with Crippen LogP contribution in [-0.2, 0) is 0 Å². The third-order valence-electron chi connectivity index (χ3n) is 5.01. The number of nitrogens with two attached hydrogens (primary N) is 1. The van der Waals surface area contributed by atoms with Crippen molar-refractivity contribution in [1.29, 1.82) is 0 Å². The van der Waals surface area contributed by atoms with E-state index in [4.69, 9.17) is 0 Å². The van der Waals surface area contributed by atoms with Crippen LogP contribution in [0.2, 0.25) is 0 Å². The lowest BCUT2D eigenvalue weighted by atomic mass is 9.90. The molecule has 0 spiro atoms. The molecule has 0 aliphatic heterocycles. The minimum atomic E-state index is 0.419. The van der Waals surface area contributed by atoms with Gasteiger partial charge in [-0.2, -0.15) is 0 Å². The highest BCUT2D eigenvalue weighted by atomic mass is 15.1. The van der Waals surface area contributed by atoms with Crippen molar-refractivity contribution in [2.24, 2.45) is 0 Å². The number of benzene rings is 2. The summed E-state index contributed by atoms with van der Waals surface area (Å²) in [5, 5.41) is 2.21. The maximum Gasteiger partial charge on any atom is 0.124 e. The normalized spacial score (nSPS) is 15.7. The average Bonchev–Trinajstić information content (AvgIpc) is 2.69. The Morgan fingerprint density at radius 2 is 1.11 bits per heavy atom. The van der Waals surface area contributed by atoms with E-state index in [1.165, 1.54) is 33.6 Å². The standard InChI is InChI=1S/C24H29N3/c1-25-21-12-6-18(7-13-21)24(19-8-14-22(15-9-19)26(2)3)20-10-16-23(17-11-20)27(4)5/h6-17,21,25H,1-5H3/p+1. The van der Waals surface area contributed by atoms with E-state index in [9.17, 15) is 0 Å². The van der Waals surface area contributed by atoms with Crippen LogP contribution < -0.4 is 15.1 Å². The molecular weight excluding hydrogens is 330 g/mol. The smallest absolute Gasteiger partial charge is 0.124 e. The fraction of sp³-hybridized carbons (Fsp3) is 0.250. The molecule has 0 aromatic heterocycles. The van der Waals surface area contributed by atoms with Crippen LogP contribution in [0.4, 0.5) is 11.4 Å². The van der Waals surface area contributed by atoms with Crippen molar-refractivity contribution in [2.75, 3.05) is 45.0 Å². The van der Waals surface area contributed by atoms with Gasteiger partial charge in [0.2, 0.25) is 0 Å². The Morgan fingerprint density at radius 1 is 0.704 bits per heavy atom. The molecule has 3 nitrogen and oxygen atoms in total. The Balaban J connectivity index is 2.08. The summed E-state index contributed by atoms with van der Waals surface area (Å²) in [6.45, 7) is 0. The molecule has 0 heterocycles. The summed E-state index contributed by atoms with van der Waals surface area (Å²) >= 11 is 0. The van der Waals surface area contributed by atoms with E-state index < -0.39 is 0 Å². The molecule has 0 saturated heterocycles. The first-order valence-corrected chi connectivity index (χ1v) is 9.45. The third kappa shape index (κ3) is 4.32. The quantitative estimate of drug-likeness (QED) is 0.884. The van der Waals surface area contributed by atoms with Crippen LogP contribution in [0.15, 0.2) is 78.4 Å². The molecule has 27 heavy (non-hydrogen) atoms. The summed E-state index contributed by atoms with van der Waals surface area (Å²) in [6, 6.07) is 18.0. The first kappa shape index (κ1) is 19.0. The van der Waals surface area contributed by atoms with Crippen molar-refractivity contribution >= 4 is 16.9 Å². The monoisotopic (exact) mass is 360 g/mol. The minimum absolute atomic E-state index is 0.419. The van der Waals surface area contributed by atoms with Crippen LogP contribution in [0.1, 0.15) is 11.1 Å².